The number of nitrogens with zero attached hydrogens (tertiary/aromatic N) is 4. The van der Waals surface area contributed by atoms with E-state index < -0.39 is 0 Å². The lowest BCUT2D eigenvalue weighted by molar-refractivity contribution is 0.101. The van der Waals surface area contributed by atoms with Gasteiger partial charge in [0.25, 0.3) is 0 Å². The molecule has 0 radical (unpaired) electrons. The molecule has 1 heterocycles. The van der Waals surface area contributed by atoms with Crippen LogP contribution >= 0.6 is 0 Å². The SMILES string of the molecule is COc1cc(OC)c(C(C)=O)cc1Cn1nnc(-c2ccc(OC)c(OC)c2)n1. The topological polar surface area (TPSA) is 97.6 Å². The number of aromatic nitrogens is 4. The van der Waals surface area contributed by atoms with Crippen LogP contribution in [0.4, 0.5) is 0 Å². The Balaban J connectivity index is 1.92. The molecule has 0 saturated carbocycles. The number of Topliss-reactive ketones (excluding diaryl/α,β-unsaturated/α-hetero) is 1. The number of carbonyl (C=O) groups is 1. The maximum atomic E-state index is 11.9. The van der Waals surface area contributed by atoms with Gasteiger partial charge in [0, 0.05) is 17.2 Å². The van der Waals surface area contributed by atoms with Crippen LogP contribution in [0.15, 0.2) is 30.3 Å². The Labute approximate surface area is 168 Å². The lowest BCUT2D eigenvalue weighted by Gasteiger charge is -2.13. The van der Waals surface area contributed by atoms with Crippen LogP contribution in [-0.4, -0.2) is 54.4 Å². The van der Waals surface area contributed by atoms with Crippen LogP contribution in [0.1, 0.15) is 22.8 Å². The molecule has 0 amide bonds. The zero-order valence-corrected chi connectivity index (χ0v) is 16.9. The van der Waals surface area contributed by atoms with Gasteiger partial charge in [0.05, 0.1) is 40.5 Å². The molecule has 0 aliphatic rings. The number of benzene rings is 2. The second-order valence-electron chi connectivity index (χ2n) is 6.13. The molecular formula is C20H22N4O5. The smallest absolute Gasteiger partial charge is 0.205 e. The molecule has 29 heavy (non-hydrogen) atoms. The normalized spacial score (nSPS) is 10.5. The third-order valence-electron chi connectivity index (χ3n) is 4.39. The molecule has 0 spiro atoms. The number of rotatable bonds is 8. The van der Waals surface area contributed by atoms with Gasteiger partial charge >= 0.3 is 0 Å². The monoisotopic (exact) mass is 398 g/mol. The van der Waals surface area contributed by atoms with Crippen LogP contribution < -0.4 is 18.9 Å². The number of carbonyl (C=O) groups excluding carboxylic acids is 1. The third kappa shape index (κ3) is 4.13. The van der Waals surface area contributed by atoms with E-state index in [1.165, 1.54) is 18.8 Å². The highest BCUT2D eigenvalue weighted by molar-refractivity contribution is 5.97. The first-order valence-electron chi connectivity index (χ1n) is 8.76. The molecule has 0 fully saturated rings. The van der Waals surface area contributed by atoms with Gasteiger partial charge in [0.1, 0.15) is 11.5 Å². The summed E-state index contributed by atoms with van der Waals surface area (Å²) in [6.07, 6.45) is 0. The van der Waals surface area contributed by atoms with Crippen molar-refractivity contribution in [2.75, 3.05) is 28.4 Å². The molecule has 0 bridgehead atoms. The molecule has 3 aromatic rings. The molecule has 0 aliphatic heterocycles. The summed E-state index contributed by atoms with van der Waals surface area (Å²) < 4.78 is 21.3. The van der Waals surface area contributed by atoms with Gasteiger partial charge in [-0.1, -0.05) is 0 Å². The standard InChI is InChI=1S/C20H22N4O5/c1-12(25)15-8-14(17(27-3)10-18(15)28-4)11-24-22-20(21-23-24)13-6-7-16(26-2)19(9-13)29-5/h6-10H,11H2,1-5H3. The predicted octanol–water partition coefficient (Wildman–Crippen LogP) is 2.63. The lowest BCUT2D eigenvalue weighted by Crippen LogP contribution is -2.08. The van der Waals surface area contributed by atoms with Crippen molar-refractivity contribution >= 4 is 5.78 Å². The number of tetrazole rings is 1. The van der Waals surface area contributed by atoms with Gasteiger partial charge in [-0.15, -0.1) is 10.2 Å². The average molecular weight is 398 g/mol. The van der Waals surface area contributed by atoms with E-state index in [2.05, 4.69) is 15.4 Å². The van der Waals surface area contributed by atoms with Crippen molar-refractivity contribution in [1.29, 1.82) is 0 Å². The highest BCUT2D eigenvalue weighted by Crippen LogP contribution is 2.32. The van der Waals surface area contributed by atoms with Gasteiger partial charge in [-0.3, -0.25) is 4.79 Å². The third-order valence-corrected chi connectivity index (χ3v) is 4.39. The molecule has 3 rings (SSSR count). The summed E-state index contributed by atoms with van der Waals surface area (Å²) in [6.45, 7) is 1.75. The van der Waals surface area contributed by atoms with Crippen LogP contribution in [0.2, 0.25) is 0 Å². The van der Waals surface area contributed by atoms with Crippen molar-refractivity contribution in [2.24, 2.45) is 0 Å². The maximum absolute atomic E-state index is 11.9. The van der Waals surface area contributed by atoms with Crippen molar-refractivity contribution in [3.8, 4) is 34.4 Å². The van der Waals surface area contributed by atoms with E-state index in [1.54, 1.807) is 45.6 Å². The first-order valence-corrected chi connectivity index (χ1v) is 8.76. The fraction of sp³-hybridized carbons (Fsp3) is 0.300. The number of hydrogen-bond acceptors (Lipinski definition) is 8. The van der Waals surface area contributed by atoms with E-state index >= 15 is 0 Å². The molecule has 2 aromatic carbocycles. The van der Waals surface area contributed by atoms with E-state index in [9.17, 15) is 4.79 Å². The summed E-state index contributed by atoms with van der Waals surface area (Å²) in [5, 5.41) is 12.6. The zero-order chi connectivity index (χ0) is 21.0. The summed E-state index contributed by atoms with van der Waals surface area (Å²) in [4.78, 5) is 13.4. The minimum Gasteiger partial charge on any atom is -0.496 e. The summed E-state index contributed by atoms with van der Waals surface area (Å²) >= 11 is 0. The Bertz CT molecular complexity index is 1030. The molecule has 0 unspecified atom stereocenters. The molecule has 0 N–H and O–H groups in total. The van der Waals surface area contributed by atoms with Gasteiger partial charge in [-0.25, -0.2) is 0 Å². The van der Waals surface area contributed by atoms with E-state index in [-0.39, 0.29) is 12.3 Å². The summed E-state index contributed by atoms with van der Waals surface area (Å²) in [5.41, 5.74) is 1.93. The van der Waals surface area contributed by atoms with E-state index in [0.717, 1.165) is 11.1 Å². The van der Waals surface area contributed by atoms with Crippen molar-refractivity contribution < 1.29 is 23.7 Å². The molecule has 0 aliphatic carbocycles. The highest BCUT2D eigenvalue weighted by atomic mass is 16.5. The molecular weight excluding hydrogens is 376 g/mol. The van der Waals surface area contributed by atoms with E-state index in [0.29, 0.717) is 34.4 Å². The summed E-state index contributed by atoms with van der Waals surface area (Å²) in [7, 11) is 6.20. The Morgan fingerprint density at radius 1 is 0.897 bits per heavy atom. The van der Waals surface area contributed by atoms with E-state index in [1.807, 2.05) is 6.07 Å². The summed E-state index contributed by atoms with van der Waals surface area (Å²) in [5.74, 6) is 2.54. The minimum absolute atomic E-state index is 0.108. The van der Waals surface area contributed by atoms with Crippen LogP contribution in [0.5, 0.6) is 23.0 Å². The van der Waals surface area contributed by atoms with Crippen molar-refractivity contribution in [3.05, 3.63) is 41.5 Å². The fourth-order valence-corrected chi connectivity index (χ4v) is 2.92. The van der Waals surface area contributed by atoms with Crippen LogP contribution in [0.3, 0.4) is 0 Å². The molecule has 0 saturated heterocycles. The van der Waals surface area contributed by atoms with Gasteiger partial charge < -0.3 is 18.9 Å². The summed E-state index contributed by atoms with van der Waals surface area (Å²) in [6, 6.07) is 8.78. The molecule has 9 heteroatoms. The Morgan fingerprint density at radius 2 is 1.59 bits per heavy atom. The first-order chi connectivity index (χ1) is 14.0. The highest BCUT2D eigenvalue weighted by Gasteiger charge is 2.16. The molecule has 152 valence electrons. The minimum atomic E-state index is -0.108. The first kappa shape index (κ1) is 20.1. The van der Waals surface area contributed by atoms with Crippen molar-refractivity contribution in [1.82, 2.24) is 20.2 Å². The Kier molecular flexibility index (Phi) is 5.96. The Morgan fingerprint density at radius 3 is 2.21 bits per heavy atom. The Hall–Kier alpha value is -3.62. The second kappa shape index (κ2) is 8.59. The van der Waals surface area contributed by atoms with Gasteiger partial charge in [-0.05, 0) is 36.4 Å². The fourth-order valence-electron chi connectivity index (χ4n) is 2.92. The zero-order valence-electron chi connectivity index (χ0n) is 16.9. The lowest BCUT2D eigenvalue weighted by atomic mass is 10.1. The number of hydrogen-bond donors (Lipinski definition) is 0. The van der Waals surface area contributed by atoms with Gasteiger partial charge in [0.2, 0.25) is 5.82 Å². The van der Waals surface area contributed by atoms with Crippen molar-refractivity contribution in [2.45, 2.75) is 13.5 Å². The van der Waals surface area contributed by atoms with Crippen LogP contribution in [-0.2, 0) is 6.54 Å². The molecule has 1 aromatic heterocycles. The maximum Gasteiger partial charge on any atom is 0.205 e. The largest absolute Gasteiger partial charge is 0.496 e. The quantitative estimate of drug-likeness (QED) is 0.534. The van der Waals surface area contributed by atoms with Crippen molar-refractivity contribution in [3.63, 3.8) is 0 Å². The van der Waals surface area contributed by atoms with Crippen LogP contribution in [0.25, 0.3) is 11.4 Å². The second-order valence-corrected chi connectivity index (χ2v) is 6.13. The van der Waals surface area contributed by atoms with E-state index in [4.69, 9.17) is 18.9 Å². The predicted molar refractivity (Wildman–Crippen MR) is 105 cm³/mol. The number of ketones is 1. The van der Waals surface area contributed by atoms with Gasteiger partial charge in [-0.2, -0.15) is 4.80 Å². The molecule has 0 atom stereocenters. The van der Waals surface area contributed by atoms with Gasteiger partial charge in [0.15, 0.2) is 17.3 Å². The van der Waals surface area contributed by atoms with Crippen LogP contribution in [0, 0.1) is 0 Å². The number of ether oxygens (including phenoxy) is 4. The number of methoxy groups -OCH3 is 4. The molecule has 9 nitrogen and oxygen atoms in total. The average Bonchev–Trinajstić information content (AvgIpc) is 3.21.